The van der Waals surface area contributed by atoms with Crippen LogP contribution in [0.3, 0.4) is 0 Å². The summed E-state index contributed by atoms with van der Waals surface area (Å²) in [6, 6.07) is 48.7. The maximum absolute atomic E-state index is 2.28. The van der Waals surface area contributed by atoms with Gasteiger partial charge in [0.15, 0.2) is 0 Å². The molecule has 8 aromatic carbocycles. The van der Waals surface area contributed by atoms with Crippen molar-refractivity contribution in [2.24, 2.45) is 0 Å². The molecule has 0 heteroatoms. The highest BCUT2D eigenvalue weighted by Crippen LogP contribution is 2.35. The van der Waals surface area contributed by atoms with Crippen LogP contribution < -0.4 is 0 Å². The van der Waals surface area contributed by atoms with Gasteiger partial charge >= 0.3 is 0 Å². The maximum Gasteiger partial charge on any atom is -0.00987 e. The Balaban J connectivity index is 1.28. The molecule has 0 fully saturated rings. The molecule has 0 spiro atoms. The van der Waals surface area contributed by atoms with E-state index in [-0.39, 0.29) is 0 Å². The molecule has 0 amide bonds. The van der Waals surface area contributed by atoms with Gasteiger partial charge in [-0.3, -0.25) is 0 Å². The molecule has 8 rings (SSSR count). The fraction of sp³-hybridized carbons (Fsp3) is 0. The molecule has 0 nitrogen and oxygen atoms in total. The molecule has 8 aromatic rings. The summed E-state index contributed by atoms with van der Waals surface area (Å²) in [7, 11) is 0. The Morgan fingerprint density at radius 1 is 0.237 bits per heavy atom. The molecule has 0 aliphatic rings. The van der Waals surface area contributed by atoms with Gasteiger partial charge in [-0.2, -0.15) is 0 Å². The minimum absolute atomic E-state index is 1.24. The number of fused-ring (bicyclic) bond motifs is 10. The van der Waals surface area contributed by atoms with E-state index in [1.54, 1.807) is 0 Å². The summed E-state index contributed by atoms with van der Waals surface area (Å²) in [4.78, 5) is 0. The Morgan fingerprint density at radius 3 is 1.08 bits per heavy atom. The topological polar surface area (TPSA) is 0 Å². The summed E-state index contributed by atoms with van der Waals surface area (Å²) >= 11 is 0. The van der Waals surface area contributed by atoms with Gasteiger partial charge in [-0.25, -0.2) is 0 Å². The van der Waals surface area contributed by atoms with Crippen LogP contribution in [0.5, 0.6) is 0 Å². The highest BCUT2D eigenvalue weighted by atomic mass is 14.1. The highest BCUT2D eigenvalue weighted by Gasteiger charge is 2.08. The Kier molecular flexibility index (Phi) is 4.62. The van der Waals surface area contributed by atoms with Crippen molar-refractivity contribution >= 4 is 76.8 Å². The monoisotopic (exact) mass is 480 g/mol. The SMILES string of the molecule is C(=Cc1cccc2c1ccc1c3ccccc3ccc21)c1cccc2c1ccc1c3ccccc3ccc21. The van der Waals surface area contributed by atoms with Crippen molar-refractivity contribution in [1.29, 1.82) is 0 Å². The first-order chi connectivity index (χ1) is 18.8. The first-order valence-electron chi connectivity index (χ1n) is 13.2. The minimum atomic E-state index is 1.24. The van der Waals surface area contributed by atoms with E-state index in [9.17, 15) is 0 Å². The Bertz CT molecular complexity index is 2070. The summed E-state index contributed by atoms with van der Waals surface area (Å²) in [6.07, 6.45) is 4.54. The molecule has 0 heterocycles. The zero-order valence-electron chi connectivity index (χ0n) is 20.9. The molecule has 0 aliphatic heterocycles. The van der Waals surface area contributed by atoms with Gasteiger partial charge in [0.05, 0.1) is 0 Å². The molecule has 176 valence electrons. The van der Waals surface area contributed by atoms with E-state index in [1.165, 1.54) is 75.8 Å². The predicted octanol–water partition coefficient (Wildman–Crippen LogP) is 10.8. The third-order valence-corrected chi connectivity index (χ3v) is 8.08. The van der Waals surface area contributed by atoms with Crippen molar-refractivity contribution in [2.75, 3.05) is 0 Å². The molecule has 0 aromatic heterocycles. The van der Waals surface area contributed by atoms with Gasteiger partial charge in [0.25, 0.3) is 0 Å². The van der Waals surface area contributed by atoms with Gasteiger partial charge in [0.2, 0.25) is 0 Å². The lowest BCUT2D eigenvalue weighted by atomic mass is 9.93. The zero-order chi connectivity index (χ0) is 25.1. The zero-order valence-corrected chi connectivity index (χ0v) is 20.9. The smallest absolute Gasteiger partial charge is 0.00987 e. The molecule has 0 N–H and O–H groups in total. The number of hydrogen-bond donors (Lipinski definition) is 0. The molecule has 38 heavy (non-hydrogen) atoms. The van der Waals surface area contributed by atoms with Crippen molar-refractivity contribution < 1.29 is 0 Å². The lowest BCUT2D eigenvalue weighted by molar-refractivity contribution is 1.73. The van der Waals surface area contributed by atoms with Gasteiger partial charge in [0, 0.05) is 0 Å². The largest absolute Gasteiger partial charge is 0.0616 e. The van der Waals surface area contributed by atoms with Crippen LogP contribution in [-0.2, 0) is 0 Å². The number of rotatable bonds is 2. The summed E-state index contributed by atoms with van der Waals surface area (Å²) < 4.78 is 0. The third kappa shape index (κ3) is 3.17. The average molecular weight is 481 g/mol. The van der Waals surface area contributed by atoms with E-state index < -0.39 is 0 Å². The Labute approximate surface area is 221 Å². The van der Waals surface area contributed by atoms with E-state index in [4.69, 9.17) is 0 Å². The first-order valence-corrected chi connectivity index (χ1v) is 13.2. The summed E-state index contributed by atoms with van der Waals surface area (Å²) in [5, 5.41) is 15.6. The molecule has 0 bridgehead atoms. The van der Waals surface area contributed by atoms with Crippen molar-refractivity contribution in [3.05, 3.63) is 145 Å². The maximum atomic E-state index is 2.28. The summed E-state index contributed by atoms with van der Waals surface area (Å²) in [6.45, 7) is 0. The van der Waals surface area contributed by atoms with Crippen LogP contribution in [0, 0.1) is 0 Å². The van der Waals surface area contributed by atoms with E-state index in [1.807, 2.05) is 0 Å². The molecule has 0 saturated carbocycles. The molecule has 0 aliphatic carbocycles. The second kappa shape index (κ2) is 8.30. The Morgan fingerprint density at radius 2 is 0.579 bits per heavy atom. The van der Waals surface area contributed by atoms with Crippen molar-refractivity contribution in [1.82, 2.24) is 0 Å². The van der Waals surface area contributed by atoms with Crippen molar-refractivity contribution in [2.45, 2.75) is 0 Å². The van der Waals surface area contributed by atoms with Crippen molar-refractivity contribution in [3.63, 3.8) is 0 Å². The van der Waals surface area contributed by atoms with Crippen LogP contribution in [0.2, 0.25) is 0 Å². The average Bonchev–Trinajstić information content (AvgIpc) is 2.99. The fourth-order valence-corrected chi connectivity index (χ4v) is 6.23. The second-order valence-electron chi connectivity index (χ2n) is 10.1. The lowest BCUT2D eigenvalue weighted by Crippen LogP contribution is -1.84. The van der Waals surface area contributed by atoms with Crippen LogP contribution in [0.25, 0.3) is 76.8 Å². The van der Waals surface area contributed by atoms with Crippen LogP contribution >= 0.6 is 0 Å². The minimum Gasteiger partial charge on any atom is -0.0616 e. The van der Waals surface area contributed by atoms with E-state index in [0.717, 1.165) is 0 Å². The third-order valence-electron chi connectivity index (χ3n) is 8.08. The van der Waals surface area contributed by atoms with Crippen LogP contribution in [0.15, 0.2) is 133 Å². The van der Waals surface area contributed by atoms with Gasteiger partial charge in [-0.05, 0) is 75.8 Å². The predicted molar refractivity (Wildman–Crippen MR) is 167 cm³/mol. The van der Waals surface area contributed by atoms with Gasteiger partial charge < -0.3 is 0 Å². The molecule has 0 saturated heterocycles. The highest BCUT2D eigenvalue weighted by molar-refractivity contribution is 6.20. The molecule has 0 unspecified atom stereocenters. The molecular weight excluding hydrogens is 456 g/mol. The standard InChI is InChI=1S/C38H24/c1-3-11-29-25(7-1)17-19-37-33-13-5-9-27(31(33)21-23-35(29)37)15-16-28-10-6-14-34-32(28)22-24-36-30-12-4-2-8-26(30)18-20-38(34)36/h1-24H. The van der Waals surface area contributed by atoms with E-state index in [0.29, 0.717) is 0 Å². The molecule has 0 radical (unpaired) electrons. The lowest BCUT2D eigenvalue weighted by Gasteiger charge is -2.10. The number of benzene rings is 8. The van der Waals surface area contributed by atoms with Crippen LogP contribution in [0.1, 0.15) is 11.1 Å². The molecule has 0 atom stereocenters. The quantitative estimate of drug-likeness (QED) is 0.170. The summed E-state index contributed by atoms with van der Waals surface area (Å²) in [5.74, 6) is 0. The van der Waals surface area contributed by atoms with Gasteiger partial charge in [-0.15, -0.1) is 0 Å². The first kappa shape index (κ1) is 21.2. The molecular formula is C38H24. The second-order valence-corrected chi connectivity index (χ2v) is 10.1. The Hall–Kier alpha value is -4.94. The van der Waals surface area contributed by atoms with Gasteiger partial charge in [0.1, 0.15) is 0 Å². The fourth-order valence-electron chi connectivity index (χ4n) is 6.23. The van der Waals surface area contributed by atoms with Crippen LogP contribution in [-0.4, -0.2) is 0 Å². The van der Waals surface area contributed by atoms with Crippen molar-refractivity contribution in [3.8, 4) is 0 Å². The number of hydrogen-bond acceptors (Lipinski definition) is 0. The van der Waals surface area contributed by atoms with Gasteiger partial charge in [-0.1, -0.05) is 146 Å². The normalized spacial score (nSPS) is 12.1. The van der Waals surface area contributed by atoms with Crippen LogP contribution in [0.4, 0.5) is 0 Å². The van der Waals surface area contributed by atoms with E-state index >= 15 is 0 Å². The summed E-state index contributed by atoms with van der Waals surface area (Å²) in [5.41, 5.74) is 2.47. The van der Waals surface area contributed by atoms with E-state index in [2.05, 4.69) is 146 Å².